The van der Waals surface area contributed by atoms with E-state index in [4.69, 9.17) is 5.26 Å². The lowest BCUT2D eigenvalue weighted by molar-refractivity contribution is 0.642. The van der Waals surface area contributed by atoms with E-state index in [1.807, 2.05) is 14.0 Å². The number of aromatic nitrogens is 4. The first-order valence-electron chi connectivity index (χ1n) is 5.01. The van der Waals surface area contributed by atoms with Crippen molar-refractivity contribution in [1.29, 1.82) is 5.26 Å². The molecular weight excluding hydrogens is 204 g/mol. The van der Waals surface area contributed by atoms with E-state index in [-0.39, 0.29) is 0 Å². The highest BCUT2D eigenvalue weighted by molar-refractivity contribution is 5.86. The lowest BCUT2D eigenvalue weighted by Gasteiger charge is -2.03. The zero-order chi connectivity index (χ0) is 11.5. The van der Waals surface area contributed by atoms with Gasteiger partial charge in [0.05, 0.1) is 30.6 Å². The third kappa shape index (κ3) is 1.67. The summed E-state index contributed by atoms with van der Waals surface area (Å²) in [5, 5.41) is 16.7. The van der Waals surface area contributed by atoms with E-state index < -0.39 is 0 Å². The highest BCUT2D eigenvalue weighted by atomic mass is 15.3. The second kappa shape index (κ2) is 4.14. The van der Waals surface area contributed by atoms with Crippen LogP contribution in [0.4, 0.5) is 5.82 Å². The minimum atomic E-state index is 0.425. The van der Waals surface area contributed by atoms with Gasteiger partial charge < -0.3 is 5.32 Å². The minimum Gasteiger partial charge on any atom is -0.372 e. The predicted molar refractivity (Wildman–Crippen MR) is 59.8 cm³/mol. The van der Waals surface area contributed by atoms with Crippen molar-refractivity contribution < 1.29 is 0 Å². The van der Waals surface area contributed by atoms with Gasteiger partial charge in [-0.3, -0.25) is 0 Å². The molecule has 82 valence electrons. The van der Waals surface area contributed by atoms with Gasteiger partial charge in [-0.2, -0.15) is 10.4 Å². The molecule has 0 aliphatic rings. The number of nitrogens with zero attached hydrogens (tertiary/aromatic N) is 5. The van der Waals surface area contributed by atoms with Crippen LogP contribution >= 0.6 is 0 Å². The largest absolute Gasteiger partial charge is 0.372 e. The number of rotatable bonds is 3. The zero-order valence-electron chi connectivity index (χ0n) is 9.23. The van der Waals surface area contributed by atoms with Crippen LogP contribution in [0.25, 0.3) is 11.0 Å². The number of aryl methyl sites for hydroxylation is 2. The fourth-order valence-electron chi connectivity index (χ4n) is 1.57. The van der Waals surface area contributed by atoms with Crippen molar-refractivity contribution in [1.82, 2.24) is 19.7 Å². The molecule has 0 saturated carbocycles. The lowest BCUT2D eigenvalue weighted by Crippen LogP contribution is -2.03. The molecule has 6 heteroatoms. The molecule has 6 nitrogen and oxygen atoms in total. The van der Waals surface area contributed by atoms with Crippen molar-refractivity contribution in [2.24, 2.45) is 0 Å². The molecule has 2 heterocycles. The quantitative estimate of drug-likeness (QED) is 0.830. The van der Waals surface area contributed by atoms with Gasteiger partial charge in [-0.05, 0) is 6.92 Å². The maximum Gasteiger partial charge on any atom is 0.163 e. The van der Waals surface area contributed by atoms with E-state index in [2.05, 4.69) is 26.5 Å². The summed E-state index contributed by atoms with van der Waals surface area (Å²) in [6, 6.07) is 2.09. The molecule has 16 heavy (non-hydrogen) atoms. The van der Waals surface area contributed by atoms with Crippen LogP contribution < -0.4 is 5.32 Å². The number of nitriles is 1. The summed E-state index contributed by atoms with van der Waals surface area (Å²) in [5.74, 6) is 1.46. The molecule has 2 rings (SSSR count). The second-order valence-corrected chi connectivity index (χ2v) is 3.38. The SMILES string of the molecule is CNc1nc(C)nc2c1cnn2CCC#N. The Labute approximate surface area is 92.9 Å². The van der Waals surface area contributed by atoms with Crippen LogP contribution in [-0.4, -0.2) is 26.8 Å². The van der Waals surface area contributed by atoms with Crippen LogP contribution in [0.1, 0.15) is 12.2 Å². The van der Waals surface area contributed by atoms with E-state index in [1.54, 1.807) is 10.9 Å². The molecule has 0 aromatic carbocycles. The van der Waals surface area contributed by atoms with Crippen LogP contribution in [0.2, 0.25) is 0 Å². The summed E-state index contributed by atoms with van der Waals surface area (Å²) in [6.45, 7) is 2.39. The van der Waals surface area contributed by atoms with E-state index in [1.165, 1.54) is 0 Å². The van der Waals surface area contributed by atoms with E-state index in [9.17, 15) is 0 Å². The first-order chi connectivity index (χ1) is 7.76. The summed E-state index contributed by atoms with van der Waals surface area (Å²) >= 11 is 0. The third-order valence-corrected chi connectivity index (χ3v) is 2.28. The fraction of sp³-hybridized carbons (Fsp3) is 0.400. The topological polar surface area (TPSA) is 79.4 Å². The molecule has 0 aliphatic carbocycles. The summed E-state index contributed by atoms with van der Waals surface area (Å²) in [4.78, 5) is 8.61. The molecule has 2 aromatic heterocycles. The van der Waals surface area contributed by atoms with Crippen molar-refractivity contribution in [3.8, 4) is 6.07 Å². The molecule has 0 radical (unpaired) electrons. The molecule has 0 amide bonds. The van der Waals surface area contributed by atoms with Crippen LogP contribution in [-0.2, 0) is 6.54 Å². The first kappa shape index (κ1) is 10.4. The Bertz CT molecular complexity index is 550. The molecule has 0 bridgehead atoms. The van der Waals surface area contributed by atoms with Crippen molar-refractivity contribution in [3.05, 3.63) is 12.0 Å². The van der Waals surface area contributed by atoms with Gasteiger partial charge >= 0.3 is 0 Å². The molecule has 0 fully saturated rings. The Morgan fingerprint density at radius 3 is 3.00 bits per heavy atom. The number of hydrogen-bond donors (Lipinski definition) is 1. The molecule has 0 unspecified atom stereocenters. The molecule has 1 N–H and O–H groups in total. The monoisotopic (exact) mass is 216 g/mol. The predicted octanol–water partition coefficient (Wildman–Crippen LogP) is 1.09. The third-order valence-electron chi connectivity index (χ3n) is 2.28. The number of hydrogen-bond acceptors (Lipinski definition) is 5. The standard InChI is InChI=1S/C10H12N6/c1-7-14-9(12-2)8-6-13-16(5-3-4-11)10(8)15-7/h6H,3,5H2,1-2H3,(H,12,14,15). The van der Waals surface area contributed by atoms with Crippen LogP contribution in [0.5, 0.6) is 0 Å². The average molecular weight is 216 g/mol. The van der Waals surface area contributed by atoms with Crippen molar-refractivity contribution in [2.45, 2.75) is 19.9 Å². The summed E-state index contributed by atoms with van der Waals surface area (Å²) in [6.07, 6.45) is 2.15. The van der Waals surface area contributed by atoms with Crippen LogP contribution in [0.15, 0.2) is 6.20 Å². The summed E-state index contributed by atoms with van der Waals surface area (Å²) in [5.41, 5.74) is 0.770. The summed E-state index contributed by atoms with van der Waals surface area (Å²) < 4.78 is 1.73. The number of anilines is 1. The first-order valence-corrected chi connectivity index (χ1v) is 5.01. The average Bonchev–Trinajstić information content (AvgIpc) is 2.68. The maximum atomic E-state index is 8.56. The van der Waals surface area contributed by atoms with Gasteiger partial charge in [-0.15, -0.1) is 0 Å². The van der Waals surface area contributed by atoms with Gasteiger partial charge in [-0.25, -0.2) is 14.6 Å². The minimum absolute atomic E-state index is 0.425. The fourth-order valence-corrected chi connectivity index (χ4v) is 1.57. The smallest absolute Gasteiger partial charge is 0.163 e. The van der Waals surface area contributed by atoms with Gasteiger partial charge in [0.25, 0.3) is 0 Å². The lowest BCUT2D eigenvalue weighted by atomic mass is 10.4. The Kier molecular flexibility index (Phi) is 2.68. The van der Waals surface area contributed by atoms with Crippen molar-refractivity contribution in [2.75, 3.05) is 12.4 Å². The zero-order valence-corrected chi connectivity index (χ0v) is 9.23. The van der Waals surface area contributed by atoms with Gasteiger partial charge in [0.15, 0.2) is 5.65 Å². The Morgan fingerprint density at radius 2 is 2.31 bits per heavy atom. The molecule has 0 spiro atoms. The van der Waals surface area contributed by atoms with E-state index in [0.717, 1.165) is 16.9 Å². The van der Waals surface area contributed by atoms with E-state index in [0.29, 0.717) is 18.8 Å². The van der Waals surface area contributed by atoms with Crippen LogP contribution in [0, 0.1) is 18.3 Å². The Balaban J connectivity index is 2.54. The van der Waals surface area contributed by atoms with Gasteiger partial charge in [0, 0.05) is 7.05 Å². The summed E-state index contributed by atoms with van der Waals surface area (Å²) in [7, 11) is 1.81. The van der Waals surface area contributed by atoms with Gasteiger partial charge in [0.1, 0.15) is 11.6 Å². The molecular formula is C10H12N6. The Morgan fingerprint density at radius 1 is 1.50 bits per heavy atom. The van der Waals surface area contributed by atoms with Gasteiger partial charge in [0.2, 0.25) is 0 Å². The highest BCUT2D eigenvalue weighted by Gasteiger charge is 2.09. The van der Waals surface area contributed by atoms with Crippen molar-refractivity contribution in [3.63, 3.8) is 0 Å². The number of nitrogens with one attached hydrogen (secondary N) is 1. The maximum absolute atomic E-state index is 8.56. The molecule has 0 saturated heterocycles. The van der Waals surface area contributed by atoms with Gasteiger partial charge in [-0.1, -0.05) is 0 Å². The number of fused-ring (bicyclic) bond motifs is 1. The highest BCUT2D eigenvalue weighted by Crippen LogP contribution is 2.19. The molecule has 0 aliphatic heterocycles. The Hall–Kier alpha value is -2.16. The van der Waals surface area contributed by atoms with E-state index >= 15 is 0 Å². The normalized spacial score (nSPS) is 10.3. The van der Waals surface area contributed by atoms with Crippen molar-refractivity contribution >= 4 is 16.9 Å². The second-order valence-electron chi connectivity index (χ2n) is 3.38. The molecule has 0 atom stereocenters. The molecule has 2 aromatic rings. The van der Waals surface area contributed by atoms with Crippen LogP contribution in [0.3, 0.4) is 0 Å².